The van der Waals surface area contributed by atoms with Gasteiger partial charge in [-0.25, -0.2) is 9.78 Å². The predicted octanol–water partition coefficient (Wildman–Crippen LogP) is 1.65. The molecule has 0 saturated heterocycles. The summed E-state index contributed by atoms with van der Waals surface area (Å²) < 4.78 is 50.2. The number of anilines is 1. The predicted molar refractivity (Wildman–Crippen MR) is 107 cm³/mol. The second-order valence-electron chi connectivity index (χ2n) is 6.54. The number of nitrogens with zero attached hydrogens (tertiary/aromatic N) is 4. The number of hydrogen-bond acceptors (Lipinski definition) is 8. The minimum Gasteiger partial charge on any atom is -0.494 e. The minimum absolute atomic E-state index is 0.0116. The number of methoxy groups -OCH3 is 1. The Hall–Kier alpha value is -4.36. The van der Waals surface area contributed by atoms with E-state index in [1.807, 2.05) is 0 Å². The summed E-state index contributed by atoms with van der Waals surface area (Å²) in [5.41, 5.74) is -2.40. The Labute approximate surface area is 182 Å². The number of amides is 1. The van der Waals surface area contributed by atoms with Gasteiger partial charge in [-0.2, -0.15) is 18.2 Å². The van der Waals surface area contributed by atoms with E-state index in [4.69, 9.17) is 9.47 Å². The number of aromatic hydroxyl groups is 1. The van der Waals surface area contributed by atoms with Gasteiger partial charge >= 0.3 is 11.9 Å². The average molecular weight is 467 g/mol. The lowest BCUT2D eigenvalue weighted by atomic mass is 10.2. The molecule has 0 aliphatic carbocycles. The van der Waals surface area contributed by atoms with E-state index in [0.29, 0.717) is 4.57 Å². The molecular formula is C19H16F3N5O6. The van der Waals surface area contributed by atoms with Crippen LogP contribution < -0.4 is 26.0 Å². The quantitative estimate of drug-likeness (QED) is 0.578. The van der Waals surface area contributed by atoms with Crippen LogP contribution in [0.3, 0.4) is 0 Å². The van der Waals surface area contributed by atoms with Crippen molar-refractivity contribution in [2.24, 2.45) is 14.1 Å². The summed E-state index contributed by atoms with van der Waals surface area (Å²) in [6, 6.07) is 4.97. The van der Waals surface area contributed by atoms with E-state index in [1.165, 1.54) is 32.4 Å². The lowest BCUT2D eigenvalue weighted by molar-refractivity contribution is -0.145. The highest BCUT2D eigenvalue weighted by Crippen LogP contribution is 2.34. The van der Waals surface area contributed by atoms with Crippen LogP contribution in [0.1, 0.15) is 16.2 Å². The summed E-state index contributed by atoms with van der Waals surface area (Å²) in [5.74, 6) is -3.63. The molecule has 0 bridgehead atoms. The van der Waals surface area contributed by atoms with Crippen molar-refractivity contribution in [1.29, 1.82) is 0 Å². The molecule has 33 heavy (non-hydrogen) atoms. The highest BCUT2D eigenvalue weighted by atomic mass is 19.4. The number of ether oxygens (including phenoxy) is 2. The molecular weight excluding hydrogens is 451 g/mol. The van der Waals surface area contributed by atoms with E-state index in [9.17, 15) is 32.7 Å². The number of carbonyl (C=O) groups is 1. The van der Waals surface area contributed by atoms with E-state index in [0.717, 1.165) is 23.9 Å². The lowest BCUT2D eigenvalue weighted by Crippen LogP contribution is -2.40. The van der Waals surface area contributed by atoms with Crippen LogP contribution in [0.4, 0.5) is 18.9 Å². The maximum Gasteiger partial charge on any atom is 0.451 e. The van der Waals surface area contributed by atoms with Crippen LogP contribution in [0.25, 0.3) is 0 Å². The molecule has 14 heteroatoms. The maximum absolute atomic E-state index is 12.8. The van der Waals surface area contributed by atoms with Crippen LogP contribution in [0.5, 0.6) is 23.3 Å². The van der Waals surface area contributed by atoms with Crippen molar-refractivity contribution in [2.45, 2.75) is 6.18 Å². The third-order valence-electron chi connectivity index (χ3n) is 4.38. The van der Waals surface area contributed by atoms with Gasteiger partial charge in [0.2, 0.25) is 17.6 Å². The van der Waals surface area contributed by atoms with Gasteiger partial charge in [0.25, 0.3) is 11.5 Å². The van der Waals surface area contributed by atoms with Gasteiger partial charge in [0.05, 0.1) is 7.11 Å². The van der Waals surface area contributed by atoms with E-state index in [-0.39, 0.29) is 17.2 Å². The van der Waals surface area contributed by atoms with Crippen LogP contribution in [0.15, 0.2) is 40.1 Å². The topological polar surface area (TPSA) is 138 Å². The van der Waals surface area contributed by atoms with Crippen molar-refractivity contribution < 1.29 is 32.5 Å². The zero-order chi connectivity index (χ0) is 24.5. The first kappa shape index (κ1) is 23.3. The zero-order valence-electron chi connectivity index (χ0n) is 17.3. The van der Waals surface area contributed by atoms with Gasteiger partial charge in [0.1, 0.15) is 0 Å². The van der Waals surface area contributed by atoms with E-state index in [1.54, 1.807) is 0 Å². The molecule has 0 radical (unpaired) electrons. The Morgan fingerprint density at radius 3 is 2.45 bits per heavy atom. The second kappa shape index (κ2) is 8.64. The Balaban J connectivity index is 1.89. The molecule has 0 spiro atoms. The van der Waals surface area contributed by atoms with Gasteiger partial charge in [-0.05, 0) is 12.1 Å². The van der Waals surface area contributed by atoms with Gasteiger partial charge in [0.15, 0.2) is 17.1 Å². The molecule has 2 aromatic heterocycles. The molecule has 1 aromatic carbocycles. The fourth-order valence-electron chi connectivity index (χ4n) is 2.70. The number of aromatic nitrogens is 4. The zero-order valence-corrected chi connectivity index (χ0v) is 17.3. The lowest BCUT2D eigenvalue weighted by Gasteiger charge is -2.13. The normalized spacial score (nSPS) is 11.2. The Bertz CT molecular complexity index is 1350. The molecule has 0 fully saturated rings. The molecule has 0 unspecified atom stereocenters. The summed E-state index contributed by atoms with van der Waals surface area (Å²) in [6.45, 7) is 0. The molecule has 3 rings (SSSR count). The molecule has 1 amide bonds. The number of halogens is 3. The Morgan fingerprint density at radius 1 is 1.12 bits per heavy atom. The van der Waals surface area contributed by atoms with Crippen LogP contribution >= 0.6 is 0 Å². The molecule has 3 aromatic rings. The highest BCUT2D eigenvalue weighted by molar-refractivity contribution is 6.05. The molecule has 11 nitrogen and oxygen atoms in total. The van der Waals surface area contributed by atoms with Crippen LogP contribution in [-0.2, 0) is 20.3 Å². The summed E-state index contributed by atoms with van der Waals surface area (Å²) in [4.78, 5) is 43.1. The SMILES string of the molecule is COc1cc(NC(=O)c2c(O)n(C)c(=O)n(C)c2=O)ccc1Oc1ccnc(C(F)(F)F)n1. The molecule has 174 valence electrons. The van der Waals surface area contributed by atoms with Crippen molar-refractivity contribution in [3.63, 3.8) is 0 Å². The Morgan fingerprint density at radius 2 is 1.82 bits per heavy atom. The second-order valence-corrected chi connectivity index (χ2v) is 6.54. The number of benzene rings is 1. The summed E-state index contributed by atoms with van der Waals surface area (Å²) >= 11 is 0. The monoisotopic (exact) mass is 467 g/mol. The van der Waals surface area contributed by atoms with E-state index >= 15 is 0 Å². The van der Waals surface area contributed by atoms with E-state index in [2.05, 4.69) is 15.3 Å². The van der Waals surface area contributed by atoms with Crippen molar-refractivity contribution in [2.75, 3.05) is 12.4 Å². The number of nitrogens with one attached hydrogen (secondary N) is 1. The number of alkyl halides is 3. The number of carbonyl (C=O) groups excluding carboxylic acids is 1. The van der Waals surface area contributed by atoms with Gasteiger partial charge < -0.3 is 19.9 Å². The fourth-order valence-corrected chi connectivity index (χ4v) is 2.70. The summed E-state index contributed by atoms with van der Waals surface area (Å²) in [7, 11) is 3.58. The van der Waals surface area contributed by atoms with Gasteiger partial charge in [0, 0.05) is 38.1 Å². The summed E-state index contributed by atoms with van der Waals surface area (Å²) in [5, 5.41) is 12.4. The fraction of sp³-hybridized carbons (Fsp3) is 0.211. The van der Waals surface area contributed by atoms with Gasteiger partial charge in [-0.1, -0.05) is 0 Å². The molecule has 0 saturated carbocycles. The van der Waals surface area contributed by atoms with Crippen molar-refractivity contribution in [3.05, 3.63) is 62.7 Å². The molecule has 0 aliphatic rings. The van der Waals surface area contributed by atoms with Crippen molar-refractivity contribution >= 4 is 11.6 Å². The highest BCUT2D eigenvalue weighted by Gasteiger charge is 2.35. The van der Waals surface area contributed by atoms with Crippen LogP contribution in [0, 0.1) is 0 Å². The third kappa shape index (κ3) is 4.63. The third-order valence-corrected chi connectivity index (χ3v) is 4.38. The minimum atomic E-state index is -4.76. The molecule has 2 heterocycles. The first-order chi connectivity index (χ1) is 15.4. The van der Waals surface area contributed by atoms with Crippen molar-refractivity contribution in [1.82, 2.24) is 19.1 Å². The van der Waals surface area contributed by atoms with Gasteiger partial charge in [-0.15, -0.1) is 0 Å². The smallest absolute Gasteiger partial charge is 0.451 e. The Kier molecular flexibility index (Phi) is 6.10. The van der Waals surface area contributed by atoms with Crippen molar-refractivity contribution in [3.8, 4) is 23.3 Å². The molecule has 0 atom stereocenters. The number of rotatable bonds is 5. The van der Waals surface area contributed by atoms with Gasteiger partial charge in [-0.3, -0.25) is 18.7 Å². The van der Waals surface area contributed by atoms with E-state index < -0.39 is 46.5 Å². The van der Waals surface area contributed by atoms with Crippen LogP contribution in [-0.4, -0.2) is 37.2 Å². The first-order valence-electron chi connectivity index (χ1n) is 9.00. The largest absolute Gasteiger partial charge is 0.494 e. The molecule has 2 N–H and O–H groups in total. The maximum atomic E-state index is 12.8. The first-order valence-corrected chi connectivity index (χ1v) is 9.00. The standard InChI is InChI=1S/C19H16F3N5O6/c1-26-15(29)13(16(30)27(2)18(26)31)14(28)24-9-4-5-10(11(8-9)32-3)33-12-6-7-23-17(25-12)19(20,21)22/h4-8,29H,1-3H3,(H,24,28). The van der Waals surface area contributed by atoms with Crippen LogP contribution in [0.2, 0.25) is 0 Å². The molecule has 0 aliphatic heterocycles. The summed E-state index contributed by atoms with van der Waals surface area (Å²) in [6.07, 6.45) is -3.88. The number of hydrogen-bond donors (Lipinski definition) is 2. The average Bonchev–Trinajstić information content (AvgIpc) is 2.77.